The number of benzene rings is 1. The minimum Gasteiger partial charge on any atom is -0.394 e. The monoisotopic (exact) mass is 378 g/mol. The number of H-pyrrole nitrogens is 1. The Hall–Kier alpha value is -2.73. The van der Waals surface area contributed by atoms with Crippen LogP contribution < -0.4 is 4.90 Å². The van der Waals surface area contributed by atoms with E-state index in [1.165, 1.54) is 0 Å². The van der Waals surface area contributed by atoms with Crippen LogP contribution >= 0.6 is 0 Å². The molecule has 146 valence electrons. The SMILES string of the molecule is CC(C)(C=O)Cc1c[nH]c2ncc(-c3cccc(N4CCC[C@@H]4CO)c3)nc12. The zero-order valence-corrected chi connectivity index (χ0v) is 16.4. The molecule has 0 aliphatic carbocycles. The van der Waals surface area contributed by atoms with Gasteiger partial charge < -0.3 is 19.8 Å². The van der Waals surface area contributed by atoms with Crippen LogP contribution in [0.3, 0.4) is 0 Å². The van der Waals surface area contributed by atoms with Gasteiger partial charge in [0.2, 0.25) is 0 Å². The van der Waals surface area contributed by atoms with Crippen molar-refractivity contribution in [2.75, 3.05) is 18.1 Å². The number of carbonyl (C=O) groups excluding carboxylic acids is 1. The van der Waals surface area contributed by atoms with Crippen molar-refractivity contribution in [1.82, 2.24) is 15.0 Å². The molecule has 3 aromatic rings. The van der Waals surface area contributed by atoms with Crippen molar-refractivity contribution in [3.05, 3.63) is 42.2 Å². The number of aromatic nitrogens is 3. The Balaban J connectivity index is 1.69. The van der Waals surface area contributed by atoms with Gasteiger partial charge in [-0.05, 0) is 37.0 Å². The molecule has 6 nitrogen and oxygen atoms in total. The zero-order valence-electron chi connectivity index (χ0n) is 16.4. The van der Waals surface area contributed by atoms with Gasteiger partial charge in [0, 0.05) is 29.4 Å². The third-order valence-corrected chi connectivity index (χ3v) is 5.49. The van der Waals surface area contributed by atoms with Crippen LogP contribution in [0, 0.1) is 5.41 Å². The average Bonchev–Trinajstić information content (AvgIpc) is 3.34. The van der Waals surface area contributed by atoms with E-state index in [-0.39, 0.29) is 12.6 Å². The highest BCUT2D eigenvalue weighted by Gasteiger charge is 2.24. The Kier molecular flexibility index (Phi) is 4.89. The van der Waals surface area contributed by atoms with Crippen molar-refractivity contribution in [3.63, 3.8) is 0 Å². The maximum Gasteiger partial charge on any atom is 0.156 e. The molecule has 0 spiro atoms. The first-order chi connectivity index (χ1) is 13.5. The van der Waals surface area contributed by atoms with Crippen LogP contribution in [0.15, 0.2) is 36.7 Å². The number of nitrogens with one attached hydrogen (secondary N) is 1. The molecule has 2 aromatic heterocycles. The van der Waals surface area contributed by atoms with Crippen LogP contribution in [0.4, 0.5) is 5.69 Å². The summed E-state index contributed by atoms with van der Waals surface area (Å²) in [5.74, 6) is 0. The molecule has 4 rings (SSSR count). The summed E-state index contributed by atoms with van der Waals surface area (Å²) in [7, 11) is 0. The molecule has 1 atom stereocenters. The minimum atomic E-state index is -0.443. The van der Waals surface area contributed by atoms with E-state index >= 15 is 0 Å². The number of hydrogen-bond acceptors (Lipinski definition) is 5. The molecule has 1 saturated heterocycles. The molecular weight excluding hydrogens is 352 g/mol. The molecule has 28 heavy (non-hydrogen) atoms. The third kappa shape index (κ3) is 3.52. The number of aliphatic hydroxyl groups excluding tert-OH is 1. The van der Waals surface area contributed by atoms with Gasteiger partial charge >= 0.3 is 0 Å². The van der Waals surface area contributed by atoms with E-state index in [2.05, 4.69) is 27.0 Å². The van der Waals surface area contributed by atoms with Gasteiger partial charge in [0.25, 0.3) is 0 Å². The quantitative estimate of drug-likeness (QED) is 0.643. The first-order valence-corrected chi connectivity index (χ1v) is 9.78. The highest BCUT2D eigenvalue weighted by atomic mass is 16.3. The molecule has 0 radical (unpaired) electrons. The predicted octanol–water partition coefficient (Wildman–Crippen LogP) is 3.35. The van der Waals surface area contributed by atoms with Crippen LogP contribution in [0.5, 0.6) is 0 Å². The maximum absolute atomic E-state index is 11.3. The van der Waals surface area contributed by atoms with Crippen molar-refractivity contribution in [2.24, 2.45) is 5.41 Å². The smallest absolute Gasteiger partial charge is 0.156 e. The van der Waals surface area contributed by atoms with Crippen molar-refractivity contribution in [3.8, 4) is 11.3 Å². The molecule has 1 aliphatic rings. The molecule has 0 bridgehead atoms. The Labute approximate surface area is 164 Å². The van der Waals surface area contributed by atoms with Gasteiger partial charge in [-0.25, -0.2) is 9.97 Å². The van der Waals surface area contributed by atoms with Crippen molar-refractivity contribution < 1.29 is 9.90 Å². The van der Waals surface area contributed by atoms with Crippen LogP contribution in [-0.4, -0.2) is 45.5 Å². The van der Waals surface area contributed by atoms with E-state index in [0.717, 1.165) is 59.3 Å². The fraction of sp³-hybridized carbons (Fsp3) is 0.409. The fourth-order valence-electron chi connectivity index (χ4n) is 3.96. The first kappa shape index (κ1) is 18.6. The number of fused-ring (bicyclic) bond motifs is 1. The van der Waals surface area contributed by atoms with E-state index < -0.39 is 5.41 Å². The summed E-state index contributed by atoms with van der Waals surface area (Å²) in [6.07, 6.45) is 7.39. The number of carbonyl (C=O) groups is 1. The van der Waals surface area contributed by atoms with Crippen molar-refractivity contribution in [1.29, 1.82) is 0 Å². The van der Waals surface area contributed by atoms with Crippen LogP contribution in [0.2, 0.25) is 0 Å². The van der Waals surface area contributed by atoms with Crippen molar-refractivity contribution in [2.45, 2.75) is 39.2 Å². The maximum atomic E-state index is 11.3. The van der Waals surface area contributed by atoms with E-state index in [4.69, 9.17) is 4.98 Å². The van der Waals surface area contributed by atoms with E-state index in [0.29, 0.717) is 6.42 Å². The highest BCUT2D eigenvalue weighted by molar-refractivity contribution is 5.79. The molecule has 1 fully saturated rings. The summed E-state index contributed by atoms with van der Waals surface area (Å²) in [5.41, 5.74) is 5.01. The lowest BCUT2D eigenvalue weighted by Crippen LogP contribution is -2.31. The molecule has 0 amide bonds. The van der Waals surface area contributed by atoms with Gasteiger partial charge in [-0.3, -0.25) is 0 Å². The third-order valence-electron chi connectivity index (χ3n) is 5.49. The van der Waals surface area contributed by atoms with Crippen LogP contribution in [0.1, 0.15) is 32.3 Å². The first-order valence-electron chi connectivity index (χ1n) is 9.78. The van der Waals surface area contributed by atoms with E-state index in [1.807, 2.05) is 32.2 Å². The Morgan fingerprint density at radius 2 is 2.25 bits per heavy atom. The van der Waals surface area contributed by atoms with Crippen LogP contribution in [-0.2, 0) is 11.2 Å². The van der Waals surface area contributed by atoms with E-state index in [1.54, 1.807) is 6.20 Å². The number of hydrogen-bond donors (Lipinski definition) is 2. The lowest BCUT2D eigenvalue weighted by molar-refractivity contribution is -0.114. The molecule has 2 N–H and O–H groups in total. The topological polar surface area (TPSA) is 82.1 Å². The molecule has 1 aromatic carbocycles. The molecule has 3 heterocycles. The molecule has 0 saturated carbocycles. The number of aliphatic hydroxyl groups is 1. The largest absolute Gasteiger partial charge is 0.394 e. The van der Waals surface area contributed by atoms with Gasteiger partial charge in [-0.1, -0.05) is 26.0 Å². The normalized spacial score (nSPS) is 17.4. The van der Waals surface area contributed by atoms with Gasteiger partial charge in [0.05, 0.1) is 24.5 Å². The zero-order chi connectivity index (χ0) is 19.7. The Morgan fingerprint density at radius 3 is 3.04 bits per heavy atom. The fourth-order valence-corrected chi connectivity index (χ4v) is 3.96. The second kappa shape index (κ2) is 7.36. The Morgan fingerprint density at radius 1 is 1.39 bits per heavy atom. The van der Waals surface area contributed by atoms with E-state index in [9.17, 15) is 9.90 Å². The molecule has 0 unspecified atom stereocenters. The summed E-state index contributed by atoms with van der Waals surface area (Å²) in [5, 5.41) is 9.63. The number of rotatable bonds is 6. The van der Waals surface area contributed by atoms with Crippen LogP contribution in [0.25, 0.3) is 22.4 Å². The summed E-state index contributed by atoms with van der Waals surface area (Å²) < 4.78 is 0. The summed E-state index contributed by atoms with van der Waals surface area (Å²) in [6.45, 7) is 4.98. The molecule has 1 aliphatic heterocycles. The predicted molar refractivity (Wildman–Crippen MR) is 110 cm³/mol. The van der Waals surface area contributed by atoms with Gasteiger partial charge in [-0.15, -0.1) is 0 Å². The second-order valence-electron chi connectivity index (χ2n) is 8.27. The summed E-state index contributed by atoms with van der Waals surface area (Å²) >= 11 is 0. The van der Waals surface area contributed by atoms with Gasteiger partial charge in [-0.2, -0.15) is 0 Å². The highest BCUT2D eigenvalue weighted by Crippen LogP contribution is 2.30. The molecule has 6 heteroatoms. The second-order valence-corrected chi connectivity index (χ2v) is 8.27. The van der Waals surface area contributed by atoms with Crippen molar-refractivity contribution >= 4 is 23.1 Å². The minimum absolute atomic E-state index is 0.176. The number of aldehydes is 1. The average molecular weight is 378 g/mol. The Bertz CT molecular complexity index is 995. The molecular formula is C22H26N4O2. The van der Waals surface area contributed by atoms with Gasteiger partial charge in [0.1, 0.15) is 11.8 Å². The lowest BCUT2D eigenvalue weighted by Gasteiger charge is -2.25. The van der Waals surface area contributed by atoms with Gasteiger partial charge in [0.15, 0.2) is 5.65 Å². The standard InChI is InChI=1S/C22H26N4O2/c1-22(2,14-28)10-16-11-23-21-20(16)25-19(12-24-21)15-5-3-6-17(9-15)26-8-4-7-18(26)13-27/h3,5-6,9,11-12,14,18,27H,4,7-8,10,13H2,1-2H3,(H,23,24)/t18-/m1/s1. The number of nitrogens with zero attached hydrogens (tertiary/aromatic N) is 3. The lowest BCUT2D eigenvalue weighted by atomic mass is 9.88. The number of anilines is 1. The summed E-state index contributed by atoms with van der Waals surface area (Å²) in [6, 6.07) is 8.44. The number of aromatic amines is 1. The summed E-state index contributed by atoms with van der Waals surface area (Å²) in [4.78, 5) is 26.1.